The molecule has 3 heterocycles. The van der Waals surface area contributed by atoms with Crippen molar-refractivity contribution in [1.29, 1.82) is 0 Å². The highest BCUT2D eigenvalue weighted by molar-refractivity contribution is 6.14. The molecule has 0 saturated heterocycles. The van der Waals surface area contributed by atoms with Crippen LogP contribution >= 0.6 is 0 Å². The minimum atomic E-state index is -0.867. The predicted octanol–water partition coefficient (Wildman–Crippen LogP) is 12.6. The number of hydrogen-bond acceptors (Lipinski definition) is 0. The maximum atomic E-state index is 9.96. The van der Waals surface area contributed by atoms with Crippen LogP contribution < -0.4 is 0 Å². The molecule has 0 bridgehead atoms. The van der Waals surface area contributed by atoms with Gasteiger partial charge < -0.3 is 13.7 Å². The maximum Gasteiger partial charge on any atom is 0.0667 e. The first-order chi connectivity index (χ1) is 34.1. The number of nitrogens with zero attached hydrogens (tertiary/aromatic N) is 3. The van der Waals surface area contributed by atoms with Crippen LogP contribution in [0.25, 0.3) is 93.6 Å². The number of aromatic nitrogens is 3. The molecule has 0 N–H and O–H groups in total. The molecule has 8 aromatic carbocycles. The molecule has 11 aromatic rings. The van der Waals surface area contributed by atoms with Crippen molar-refractivity contribution in [2.75, 3.05) is 0 Å². The lowest BCUT2D eigenvalue weighted by Crippen LogP contribution is -1.96. The minimum Gasteiger partial charge on any atom is -0.309 e. The summed E-state index contributed by atoms with van der Waals surface area (Å²) in [5, 5.41) is -1.74. The van der Waals surface area contributed by atoms with Gasteiger partial charge in [-0.05, 0) is 89.8 Å². The Balaban J connectivity index is 1.35. The fraction of sp³-hybridized carbons (Fsp3) is 0. The van der Waals surface area contributed by atoms with Crippen LogP contribution in [-0.2, 0) is 0 Å². The molecule has 3 heteroatoms. The predicted molar refractivity (Wildman–Crippen MR) is 215 cm³/mol. The van der Waals surface area contributed by atoms with E-state index < -0.39 is 166 Å². The van der Waals surface area contributed by atoms with Crippen molar-refractivity contribution < 1.29 is 28.8 Å². The second-order valence-electron chi connectivity index (χ2n) is 11.7. The quantitative estimate of drug-likeness (QED) is 0.177. The van der Waals surface area contributed by atoms with Gasteiger partial charge in [0.2, 0.25) is 0 Å². The van der Waals surface area contributed by atoms with E-state index in [4.69, 9.17) is 13.7 Å². The summed E-state index contributed by atoms with van der Waals surface area (Å²) in [7, 11) is 0. The Kier molecular flexibility index (Phi) is 3.09. The Labute approximate surface area is 324 Å². The fourth-order valence-electron chi connectivity index (χ4n) is 6.79. The Morgan fingerprint density at radius 1 is 0.294 bits per heavy atom. The summed E-state index contributed by atoms with van der Waals surface area (Å²) in [5.74, 6) is 0. The van der Waals surface area contributed by atoms with Crippen LogP contribution in [0.5, 0.6) is 0 Å². The lowest BCUT2D eigenvalue weighted by atomic mass is 10.0. The first kappa shape index (κ1) is 14.6. The second-order valence-corrected chi connectivity index (χ2v) is 11.7. The van der Waals surface area contributed by atoms with Crippen molar-refractivity contribution in [3.63, 3.8) is 0 Å². The summed E-state index contributed by atoms with van der Waals surface area (Å²) >= 11 is 0. The number of para-hydroxylation sites is 5. The van der Waals surface area contributed by atoms with Crippen LogP contribution in [0.4, 0.5) is 0 Å². The van der Waals surface area contributed by atoms with Crippen LogP contribution in [-0.4, -0.2) is 13.7 Å². The summed E-state index contributed by atoms with van der Waals surface area (Å²) in [6.07, 6.45) is 0. The normalized spacial score (nSPS) is 17.7. The van der Waals surface area contributed by atoms with Crippen molar-refractivity contribution in [2.45, 2.75) is 0 Å². The van der Waals surface area contributed by atoms with Gasteiger partial charge in [-0.2, -0.15) is 0 Å². The summed E-state index contributed by atoms with van der Waals surface area (Å²) < 4.78 is 197. The van der Waals surface area contributed by atoms with Gasteiger partial charge in [-0.1, -0.05) is 109 Å². The zero-order chi connectivity index (χ0) is 51.7. The van der Waals surface area contributed by atoms with Gasteiger partial charge in [-0.15, -0.1) is 0 Å². The molecule has 11 rings (SSSR count). The molecule has 0 spiro atoms. The van der Waals surface area contributed by atoms with Crippen LogP contribution in [0.3, 0.4) is 0 Å². The molecular formula is C48H31N3. The summed E-state index contributed by atoms with van der Waals surface area (Å²) in [4.78, 5) is 0. The van der Waals surface area contributed by atoms with Gasteiger partial charge >= 0.3 is 0 Å². The highest BCUT2D eigenvalue weighted by Gasteiger charge is 2.18. The highest BCUT2D eigenvalue weighted by Crippen LogP contribution is 2.40. The summed E-state index contributed by atoms with van der Waals surface area (Å²) in [6.45, 7) is 0. The second kappa shape index (κ2) is 10.8. The zero-order valence-corrected chi connectivity index (χ0v) is 26.1. The van der Waals surface area contributed by atoms with E-state index in [9.17, 15) is 15.1 Å². The fourth-order valence-corrected chi connectivity index (χ4v) is 6.79. The molecule has 0 fully saturated rings. The largest absolute Gasteiger partial charge is 0.309 e. The average molecular weight is 671 g/mol. The van der Waals surface area contributed by atoms with E-state index in [1.807, 2.05) is 0 Å². The molecule has 3 aromatic heterocycles. The maximum absolute atomic E-state index is 9.96. The topological polar surface area (TPSA) is 14.8 Å². The average Bonchev–Trinajstić information content (AvgIpc) is 4.05. The van der Waals surface area contributed by atoms with Crippen molar-refractivity contribution >= 4 is 65.4 Å². The van der Waals surface area contributed by atoms with E-state index in [-0.39, 0.29) is 49.3 Å². The summed E-state index contributed by atoms with van der Waals surface area (Å²) in [6, 6.07) is 1.90. The van der Waals surface area contributed by atoms with E-state index in [2.05, 4.69) is 0 Å². The molecule has 0 aliphatic rings. The van der Waals surface area contributed by atoms with E-state index in [1.165, 1.54) is 9.13 Å². The van der Waals surface area contributed by atoms with Gasteiger partial charge in [0.05, 0.1) is 61.9 Å². The highest BCUT2D eigenvalue weighted by atomic mass is 15.0. The Bertz CT molecular complexity index is 4330. The van der Waals surface area contributed by atoms with Gasteiger partial charge in [0.1, 0.15) is 0 Å². The standard InChI is InChI=1S/C48H31N3/c1-3-13-34(14-4-1)49-44-21-11-8-18-38(44)41-29-32(23-27-46(41)49)33-24-28-47-42(30-33)39-19-9-12-22-45(39)51(47)36-25-26-40-37-17-7-10-20-43(37)50(48(40)31-36)35-15-5-2-6-16-35/h1-31H/i7D,8D,9D,10D,11D,12D,17D,18D,19D,20D,21D,22D,23D,24D,25D,26D,27D,28D,29D,30D,31D. The van der Waals surface area contributed by atoms with Crippen molar-refractivity contribution in [3.05, 3.63) is 188 Å². The Hall–Kier alpha value is -6.84. The number of rotatable bonds is 4. The molecule has 0 saturated carbocycles. The van der Waals surface area contributed by atoms with E-state index in [0.29, 0.717) is 5.69 Å². The van der Waals surface area contributed by atoms with Crippen LogP contribution in [0, 0.1) is 0 Å². The van der Waals surface area contributed by atoms with Gasteiger partial charge in [-0.25, -0.2) is 0 Å². The van der Waals surface area contributed by atoms with Crippen molar-refractivity contribution in [1.82, 2.24) is 13.7 Å². The molecule has 0 atom stereocenters. The minimum absolute atomic E-state index is 0.124. The lowest BCUT2D eigenvalue weighted by molar-refractivity contribution is 1.15. The van der Waals surface area contributed by atoms with Gasteiger partial charge in [0.25, 0.3) is 0 Å². The first-order valence-corrected chi connectivity index (χ1v) is 15.8. The van der Waals surface area contributed by atoms with Crippen LogP contribution in [0.15, 0.2) is 188 Å². The summed E-state index contributed by atoms with van der Waals surface area (Å²) in [5.41, 5.74) is -2.80. The Morgan fingerprint density at radius 3 is 1.20 bits per heavy atom. The third-order valence-electron chi connectivity index (χ3n) is 8.96. The number of hydrogen-bond donors (Lipinski definition) is 0. The molecule has 238 valence electrons. The molecule has 0 aliphatic carbocycles. The molecule has 0 radical (unpaired) electrons. The molecule has 0 amide bonds. The smallest absolute Gasteiger partial charge is 0.0667 e. The Morgan fingerprint density at radius 2 is 0.686 bits per heavy atom. The monoisotopic (exact) mass is 670 g/mol. The third kappa shape index (κ3) is 4.12. The number of fused-ring (bicyclic) bond motifs is 9. The van der Waals surface area contributed by atoms with Crippen LogP contribution in [0.2, 0.25) is 0 Å². The zero-order valence-electron chi connectivity index (χ0n) is 47.1. The van der Waals surface area contributed by atoms with Gasteiger partial charge in [-0.3, -0.25) is 0 Å². The molecule has 0 unspecified atom stereocenters. The van der Waals surface area contributed by atoms with Gasteiger partial charge in [0, 0.05) is 49.4 Å². The van der Waals surface area contributed by atoms with E-state index in [1.54, 1.807) is 60.7 Å². The molecule has 51 heavy (non-hydrogen) atoms. The molecular weight excluding hydrogens is 619 g/mol. The first-order valence-electron chi connectivity index (χ1n) is 26.3. The molecule has 0 aliphatic heterocycles. The number of benzene rings is 8. The van der Waals surface area contributed by atoms with Crippen molar-refractivity contribution in [3.8, 4) is 28.2 Å². The van der Waals surface area contributed by atoms with Crippen LogP contribution in [0.1, 0.15) is 28.8 Å². The lowest BCUT2D eigenvalue weighted by Gasteiger charge is -2.11. The van der Waals surface area contributed by atoms with E-state index in [0.717, 1.165) is 4.57 Å². The van der Waals surface area contributed by atoms with Gasteiger partial charge in [0.15, 0.2) is 0 Å². The van der Waals surface area contributed by atoms with Crippen molar-refractivity contribution in [2.24, 2.45) is 0 Å². The van der Waals surface area contributed by atoms with E-state index >= 15 is 0 Å². The molecule has 3 nitrogen and oxygen atoms in total. The third-order valence-corrected chi connectivity index (χ3v) is 8.96. The SMILES string of the molecule is [2H]c1c([2H])c([2H])c2c(c1[2H])c1c([2H])c(-c3c([2H])c([2H])c4c(c3[2H])c3c([2H])c([2H])c([2H])c([2H])c3n4-c3c([2H])c([2H])c4c5c([2H])c([2H])c([2H])c([2H])c5n(-c5ccccc5)c4c3[2H])c([2H])c([2H])c1n2-c1ccccc1.